The van der Waals surface area contributed by atoms with Crippen molar-refractivity contribution in [3.63, 3.8) is 0 Å². The minimum Gasteiger partial charge on any atom is -0.361 e. The molecule has 46 heavy (non-hydrogen) atoms. The second-order valence-corrected chi connectivity index (χ2v) is 14.4. The van der Waals surface area contributed by atoms with E-state index in [1.54, 1.807) is 12.1 Å². The highest BCUT2D eigenvalue weighted by atomic mass is 35.5. The largest absolute Gasteiger partial charge is 0.361 e. The zero-order chi connectivity index (χ0) is 32.4. The fraction of sp³-hybridized carbons (Fsp3) is 0.314. The first-order valence-corrected chi connectivity index (χ1v) is 17.5. The summed E-state index contributed by atoms with van der Waals surface area (Å²) in [5, 5.41) is 1.84. The van der Waals surface area contributed by atoms with Crippen molar-refractivity contribution in [1.82, 2.24) is 24.2 Å². The molecule has 2 N–H and O–H groups in total. The number of aromatic nitrogens is 3. The van der Waals surface area contributed by atoms with Crippen LogP contribution in [0.5, 0.6) is 0 Å². The summed E-state index contributed by atoms with van der Waals surface area (Å²) in [4.78, 5) is 14.7. The summed E-state index contributed by atoms with van der Waals surface area (Å²) >= 11 is 6.19. The number of hydrogen-bond donors (Lipinski definition) is 2. The zero-order valence-electron chi connectivity index (χ0n) is 26.2. The van der Waals surface area contributed by atoms with Gasteiger partial charge in [-0.1, -0.05) is 29.8 Å². The summed E-state index contributed by atoms with van der Waals surface area (Å²) in [5.74, 6) is 1.30. The van der Waals surface area contributed by atoms with Crippen molar-refractivity contribution in [2.45, 2.75) is 38.6 Å². The first-order chi connectivity index (χ1) is 22.1. The summed E-state index contributed by atoms with van der Waals surface area (Å²) in [6, 6.07) is 18.5. The summed E-state index contributed by atoms with van der Waals surface area (Å²) in [7, 11) is 0.476. The molecule has 1 saturated heterocycles. The van der Waals surface area contributed by atoms with E-state index in [-0.39, 0.29) is 11.6 Å². The predicted octanol–water partition coefficient (Wildman–Crippen LogP) is 6.39. The van der Waals surface area contributed by atoms with Gasteiger partial charge in [-0.05, 0) is 113 Å². The summed E-state index contributed by atoms with van der Waals surface area (Å²) in [5.41, 5.74) is 7.38. The number of rotatable bonds is 6. The number of imidazole rings is 1. The van der Waals surface area contributed by atoms with Crippen molar-refractivity contribution in [3.8, 4) is 5.69 Å². The molecule has 11 heteroatoms. The van der Waals surface area contributed by atoms with E-state index in [1.165, 1.54) is 36.9 Å². The topological polar surface area (TPSA) is 95.4 Å². The molecule has 0 bridgehead atoms. The van der Waals surface area contributed by atoms with E-state index in [0.717, 1.165) is 46.9 Å². The number of likely N-dealkylation sites (tertiary alicyclic amines) is 1. The number of aryl methyl sites for hydroxylation is 2. The van der Waals surface area contributed by atoms with Crippen LogP contribution < -0.4 is 4.72 Å². The van der Waals surface area contributed by atoms with Crippen LogP contribution in [0.2, 0.25) is 5.02 Å². The first kappa shape index (κ1) is 32.1. The number of sulfonamides is 1. The lowest BCUT2D eigenvalue weighted by atomic mass is 9.89. The number of nitrogens with one attached hydrogen (secondary N) is 2. The molecule has 7 rings (SSSR count). The number of benzene rings is 3. The SMILES string of the molecule is CNS(=O)(=O)CCc1ccc2[nH]cc(C3CCN(C)CC3)c2c1.Cc1ncc2n1-c1ccc(Cl)cc1C(c1ccccc1F)=NC2. The molecule has 0 unspecified atom stereocenters. The zero-order valence-corrected chi connectivity index (χ0v) is 27.8. The predicted molar refractivity (Wildman–Crippen MR) is 183 cm³/mol. The van der Waals surface area contributed by atoms with Gasteiger partial charge >= 0.3 is 0 Å². The van der Waals surface area contributed by atoms with E-state index >= 15 is 0 Å². The molecule has 0 radical (unpaired) electrons. The molecule has 0 aliphatic carbocycles. The lowest BCUT2D eigenvalue weighted by molar-refractivity contribution is 0.256. The van der Waals surface area contributed by atoms with Crippen LogP contribution in [0.4, 0.5) is 4.39 Å². The van der Waals surface area contributed by atoms with E-state index in [4.69, 9.17) is 11.6 Å². The smallest absolute Gasteiger partial charge is 0.211 e. The molecule has 0 atom stereocenters. The van der Waals surface area contributed by atoms with Crippen molar-refractivity contribution in [2.75, 3.05) is 32.9 Å². The Balaban J connectivity index is 0.000000162. The molecule has 4 heterocycles. The van der Waals surface area contributed by atoms with Crippen molar-refractivity contribution in [2.24, 2.45) is 4.99 Å². The average Bonchev–Trinajstić information content (AvgIpc) is 3.60. The van der Waals surface area contributed by atoms with Gasteiger partial charge < -0.3 is 9.88 Å². The van der Waals surface area contributed by atoms with E-state index in [1.807, 2.05) is 48.0 Å². The quantitative estimate of drug-likeness (QED) is 0.221. The molecule has 0 amide bonds. The Morgan fingerprint density at radius 3 is 2.61 bits per heavy atom. The van der Waals surface area contributed by atoms with Gasteiger partial charge in [-0.15, -0.1) is 0 Å². The van der Waals surface area contributed by atoms with Crippen molar-refractivity contribution in [1.29, 1.82) is 0 Å². The fourth-order valence-corrected chi connectivity index (χ4v) is 7.19. The van der Waals surface area contributed by atoms with Crippen LogP contribution in [0.3, 0.4) is 0 Å². The molecule has 5 aromatic rings. The summed E-state index contributed by atoms with van der Waals surface area (Å²) in [6.45, 7) is 4.65. The van der Waals surface area contributed by atoms with Crippen LogP contribution in [-0.4, -0.2) is 66.5 Å². The van der Waals surface area contributed by atoms with Gasteiger partial charge in [0.15, 0.2) is 0 Å². The minimum absolute atomic E-state index is 0.128. The first-order valence-electron chi connectivity index (χ1n) is 15.5. The molecular formula is C35H38ClFN6O2S. The van der Waals surface area contributed by atoms with Crippen LogP contribution in [0, 0.1) is 12.7 Å². The Bertz CT molecular complexity index is 2010. The van der Waals surface area contributed by atoms with Gasteiger partial charge in [-0.2, -0.15) is 0 Å². The Kier molecular flexibility index (Phi) is 9.42. The second kappa shape index (κ2) is 13.5. The number of hydrogen-bond acceptors (Lipinski definition) is 5. The Hall–Kier alpha value is -3.83. The molecular weight excluding hydrogens is 623 g/mol. The molecule has 8 nitrogen and oxygen atoms in total. The highest BCUT2D eigenvalue weighted by Gasteiger charge is 2.23. The van der Waals surface area contributed by atoms with Gasteiger partial charge in [-0.25, -0.2) is 22.5 Å². The van der Waals surface area contributed by atoms with E-state index in [9.17, 15) is 12.8 Å². The Labute approximate surface area is 274 Å². The van der Waals surface area contributed by atoms with Gasteiger partial charge in [0.05, 0.1) is 35.6 Å². The van der Waals surface area contributed by atoms with Gasteiger partial charge in [0, 0.05) is 33.2 Å². The second-order valence-electron chi connectivity index (χ2n) is 11.9. The maximum Gasteiger partial charge on any atom is 0.211 e. The standard InChI is InChI=1S/C18H13ClFN3.C17H25N3O2S/c1-11-21-9-13-10-22-18(14-4-2-3-5-16(14)20)15-8-12(19)6-7-17(15)23(11)13;1-18-23(21,22)10-7-13-3-4-17-15(11-13)16(12-19-17)14-5-8-20(2)9-6-14/h2-9H,10H2,1H3;3-4,11-12,14,18-19H,5-10H2,1-2H3. The fourth-order valence-electron chi connectivity index (χ4n) is 6.31. The molecule has 0 spiro atoms. The van der Waals surface area contributed by atoms with Gasteiger partial charge in [-0.3, -0.25) is 9.56 Å². The monoisotopic (exact) mass is 660 g/mol. The van der Waals surface area contributed by atoms with E-state index < -0.39 is 10.0 Å². The number of fused-ring (bicyclic) bond motifs is 4. The summed E-state index contributed by atoms with van der Waals surface area (Å²) in [6.07, 6.45) is 6.84. The number of nitrogens with zero attached hydrogens (tertiary/aromatic N) is 4. The van der Waals surface area contributed by atoms with Gasteiger partial charge in [0.25, 0.3) is 0 Å². The highest BCUT2D eigenvalue weighted by Crippen LogP contribution is 2.33. The number of H-pyrrole nitrogens is 1. The van der Waals surface area contributed by atoms with Crippen molar-refractivity contribution in [3.05, 3.63) is 118 Å². The number of halogens is 2. The van der Waals surface area contributed by atoms with Gasteiger partial charge in [0.2, 0.25) is 10.0 Å². The number of piperidine rings is 1. The van der Waals surface area contributed by atoms with Crippen molar-refractivity contribution < 1.29 is 12.8 Å². The highest BCUT2D eigenvalue weighted by molar-refractivity contribution is 7.89. The molecule has 2 aliphatic rings. The molecule has 1 fully saturated rings. The van der Waals surface area contributed by atoms with Crippen LogP contribution >= 0.6 is 11.6 Å². The maximum atomic E-state index is 14.3. The number of aliphatic imine (C=N–C) groups is 1. The van der Waals surface area contributed by atoms with Gasteiger partial charge in [0.1, 0.15) is 11.6 Å². The molecule has 240 valence electrons. The van der Waals surface area contributed by atoms with Crippen LogP contribution in [0.25, 0.3) is 16.6 Å². The molecule has 3 aromatic carbocycles. The third-order valence-electron chi connectivity index (χ3n) is 8.90. The molecule has 2 aromatic heterocycles. The third kappa shape index (κ3) is 6.80. The molecule has 0 saturated carbocycles. The Morgan fingerprint density at radius 1 is 1.07 bits per heavy atom. The normalized spacial score (nSPS) is 15.5. The Morgan fingerprint density at radius 2 is 1.85 bits per heavy atom. The summed E-state index contributed by atoms with van der Waals surface area (Å²) < 4.78 is 41.9. The van der Waals surface area contributed by atoms with Crippen LogP contribution in [-0.2, 0) is 23.0 Å². The molecule has 2 aliphatic heterocycles. The minimum atomic E-state index is -3.16. The lowest BCUT2D eigenvalue weighted by Crippen LogP contribution is -2.29. The third-order valence-corrected chi connectivity index (χ3v) is 10.5. The van der Waals surface area contributed by atoms with Crippen molar-refractivity contribution >= 4 is 38.2 Å². The lowest BCUT2D eigenvalue weighted by Gasteiger charge is -2.28. The van der Waals surface area contributed by atoms with E-state index in [2.05, 4.69) is 50.0 Å². The average molecular weight is 661 g/mol. The maximum absolute atomic E-state index is 14.3. The van der Waals surface area contributed by atoms with Crippen LogP contribution in [0.15, 0.2) is 78.0 Å². The number of aromatic amines is 1. The van der Waals surface area contributed by atoms with E-state index in [0.29, 0.717) is 35.2 Å². The van der Waals surface area contributed by atoms with Crippen LogP contribution in [0.1, 0.15) is 52.5 Å².